The molecule has 0 fully saturated rings. The van der Waals surface area contributed by atoms with Gasteiger partial charge in [-0.15, -0.1) is 0 Å². The summed E-state index contributed by atoms with van der Waals surface area (Å²) in [6.45, 7) is 3.90. The van der Waals surface area contributed by atoms with Crippen LogP contribution in [0.4, 0.5) is 15.8 Å². The lowest BCUT2D eigenvalue weighted by molar-refractivity contribution is -0.120. The van der Waals surface area contributed by atoms with Crippen LogP contribution < -0.4 is 10.2 Å². The van der Waals surface area contributed by atoms with E-state index < -0.39 is 17.6 Å². The van der Waals surface area contributed by atoms with Crippen LogP contribution in [0.5, 0.6) is 0 Å². The van der Waals surface area contributed by atoms with E-state index in [1.165, 1.54) is 18.2 Å². The molecular weight excluding hydrogens is 331 g/mol. The fourth-order valence-electron chi connectivity index (χ4n) is 2.43. The maximum atomic E-state index is 13.9. The summed E-state index contributed by atoms with van der Waals surface area (Å²) in [7, 11) is 0. The number of nitrogens with one attached hydrogen (secondary N) is 1. The molecule has 2 aromatic rings. The van der Waals surface area contributed by atoms with Crippen LogP contribution in [0.25, 0.3) is 0 Å². The third-order valence-corrected chi connectivity index (χ3v) is 4.25. The second-order valence-electron chi connectivity index (χ2n) is 5.51. The van der Waals surface area contributed by atoms with E-state index in [-0.39, 0.29) is 16.4 Å². The number of anilines is 2. The summed E-state index contributed by atoms with van der Waals surface area (Å²) >= 11 is 6.02. The molecule has 0 atom stereocenters. The van der Waals surface area contributed by atoms with E-state index in [2.05, 4.69) is 5.32 Å². The van der Waals surface area contributed by atoms with Gasteiger partial charge in [-0.05, 0) is 49.2 Å². The molecule has 1 aliphatic heterocycles. The van der Waals surface area contributed by atoms with Crippen LogP contribution >= 0.6 is 11.6 Å². The highest BCUT2D eigenvalue weighted by Gasteiger charge is 2.40. The van der Waals surface area contributed by atoms with Crippen molar-refractivity contribution in [3.63, 3.8) is 0 Å². The molecule has 0 unspecified atom stereocenters. The average molecular weight is 345 g/mol. The highest BCUT2D eigenvalue weighted by atomic mass is 35.5. The van der Waals surface area contributed by atoms with Crippen LogP contribution in [-0.2, 0) is 9.59 Å². The SMILES string of the molecule is Cc1ccc(NC2=C(Cl)C(=O)N(c3ccccc3F)C2=O)cc1C. The second-order valence-corrected chi connectivity index (χ2v) is 5.89. The first-order valence-electron chi connectivity index (χ1n) is 7.27. The van der Waals surface area contributed by atoms with Gasteiger partial charge >= 0.3 is 0 Å². The summed E-state index contributed by atoms with van der Waals surface area (Å²) in [5, 5.41) is 2.61. The van der Waals surface area contributed by atoms with Crippen LogP contribution in [0, 0.1) is 19.7 Å². The van der Waals surface area contributed by atoms with E-state index >= 15 is 0 Å². The molecule has 24 heavy (non-hydrogen) atoms. The summed E-state index contributed by atoms with van der Waals surface area (Å²) in [4.78, 5) is 25.6. The van der Waals surface area contributed by atoms with Crippen molar-refractivity contribution in [2.45, 2.75) is 13.8 Å². The Morgan fingerprint density at radius 2 is 1.71 bits per heavy atom. The molecule has 1 aliphatic rings. The molecule has 2 amide bonds. The van der Waals surface area contributed by atoms with Crippen molar-refractivity contribution in [3.8, 4) is 0 Å². The third-order valence-electron chi connectivity index (χ3n) is 3.90. The van der Waals surface area contributed by atoms with E-state index in [9.17, 15) is 14.0 Å². The van der Waals surface area contributed by atoms with Crippen LogP contribution in [-0.4, -0.2) is 11.8 Å². The van der Waals surface area contributed by atoms with E-state index in [1.54, 1.807) is 12.1 Å². The summed E-state index contributed by atoms with van der Waals surface area (Å²) in [5.74, 6) is -2.11. The van der Waals surface area contributed by atoms with Crippen molar-refractivity contribution in [1.82, 2.24) is 0 Å². The van der Waals surface area contributed by atoms with Crippen LogP contribution in [0.3, 0.4) is 0 Å². The Morgan fingerprint density at radius 1 is 1.00 bits per heavy atom. The maximum absolute atomic E-state index is 13.9. The van der Waals surface area contributed by atoms with Crippen molar-refractivity contribution in [3.05, 3.63) is 70.1 Å². The summed E-state index contributed by atoms with van der Waals surface area (Å²) in [5.41, 5.74) is 2.57. The quantitative estimate of drug-likeness (QED) is 0.860. The molecule has 4 nitrogen and oxygen atoms in total. The fraction of sp³-hybridized carbons (Fsp3) is 0.111. The minimum Gasteiger partial charge on any atom is -0.350 e. The Hall–Kier alpha value is -2.66. The van der Waals surface area contributed by atoms with Gasteiger partial charge in [-0.3, -0.25) is 9.59 Å². The molecule has 3 rings (SSSR count). The summed E-state index contributed by atoms with van der Waals surface area (Å²) in [6, 6.07) is 11.1. The van der Waals surface area contributed by atoms with Crippen LogP contribution in [0.2, 0.25) is 0 Å². The van der Waals surface area contributed by atoms with Gasteiger partial charge in [0.15, 0.2) is 0 Å². The Balaban J connectivity index is 1.95. The monoisotopic (exact) mass is 344 g/mol. The standard InChI is InChI=1S/C18H14ClFN2O2/c1-10-7-8-12(9-11(10)2)21-16-15(19)17(23)22(18(16)24)14-6-4-3-5-13(14)20/h3-9,21H,1-2H3. The molecule has 0 bridgehead atoms. The topological polar surface area (TPSA) is 49.4 Å². The number of rotatable bonds is 3. The molecule has 6 heteroatoms. The van der Waals surface area contributed by atoms with Crippen LogP contribution in [0.1, 0.15) is 11.1 Å². The molecule has 0 radical (unpaired) electrons. The van der Waals surface area contributed by atoms with Gasteiger partial charge in [0.25, 0.3) is 11.8 Å². The highest BCUT2D eigenvalue weighted by Crippen LogP contribution is 2.31. The minimum absolute atomic E-state index is 0.0619. The normalized spacial score (nSPS) is 14.6. The van der Waals surface area contributed by atoms with Gasteiger partial charge in [0.05, 0.1) is 5.69 Å². The third kappa shape index (κ3) is 2.67. The number of para-hydroxylation sites is 1. The molecule has 2 aromatic carbocycles. The van der Waals surface area contributed by atoms with Gasteiger partial charge in [0.1, 0.15) is 16.5 Å². The predicted molar refractivity (Wildman–Crippen MR) is 91.3 cm³/mol. The fourth-order valence-corrected chi connectivity index (χ4v) is 2.64. The number of amides is 2. The Labute approximate surface area is 143 Å². The van der Waals surface area contributed by atoms with E-state index in [0.29, 0.717) is 5.69 Å². The van der Waals surface area contributed by atoms with Crippen molar-refractivity contribution >= 4 is 34.8 Å². The predicted octanol–water partition coefficient (Wildman–Crippen LogP) is 3.88. The Bertz CT molecular complexity index is 892. The largest absolute Gasteiger partial charge is 0.350 e. The van der Waals surface area contributed by atoms with E-state index in [4.69, 9.17) is 11.6 Å². The first-order valence-corrected chi connectivity index (χ1v) is 7.65. The second kappa shape index (κ2) is 6.09. The zero-order chi connectivity index (χ0) is 17.4. The lowest BCUT2D eigenvalue weighted by Crippen LogP contribution is -2.33. The number of nitrogens with zero attached hydrogens (tertiary/aromatic N) is 1. The molecule has 0 aromatic heterocycles. The molecule has 0 spiro atoms. The average Bonchev–Trinajstić information content (AvgIpc) is 2.76. The summed E-state index contributed by atoms with van der Waals surface area (Å²) < 4.78 is 13.9. The van der Waals surface area contributed by atoms with Gasteiger partial charge in [-0.2, -0.15) is 0 Å². The number of hydrogen-bond donors (Lipinski definition) is 1. The smallest absolute Gasteiger partial charge is 0.283 e. The number of hydrogen-bond acceptors (Lipinski definition) is 3. The number of carbonyl (C=O) groups is 2. The summed E-state index contributed by atoms with van der Waals surface area (Å²) in [6.07, 6.45) is 0. The van der Waals surface area contributed by atoms with Crippen LogP contribution in [0.15, 0.2) is 53.2 Å². The number of halogens is 2. The van der Waals surface area contributed by atoms with Gasteiger partial charge in [-0.25, -0.2) is 9.29 Å². The van der Waals surface area contributed by atoms with Crippen molar-refractivity contribution in [1.29, 1.82) is 0 Å². The molecule has 0 saturated carbocycles. The van der Waals surface area contributed by atoms with Gasteiger partial charge in [-0.1, -0.05) is 29.8 Å². The molecule has 0 aliphatic carbocycles. The molecule has 1 N–H and O–H groups in total. The highest BCUT2D eigenvalue weighted by molar-refractivity contribution is 6.53. The minimum atomic E-state index is -0.752. The molecule has 122 valence electrons. The van der Waals surface area contributed by atoms with Crippen molar-refractivity contribution < 1.29 is 14.0 Å². The lowest BCUT2D eigenvalue weighted by atomic mass is 10.1. The molecular formula is C18H14ClFN2O2. The lowest BCUT2D eigenvalue weighted by Gasteiger charge is -2.15. The first-order chi connectivity index (χ1) is 11.4. The van der Waals surface area contributed by atoms with Gasteiger partial charge in [0, 0.05) is 5.69 Å². The van der Waals surface area contributed by atoms with Gasteiger partial charge < -0.3 is 5.32 Å². The zero-order valence-corrected chi connectivity index (χ0v) is 13.8. The Morgan fingerprint density at radius 3 is 2.38 bits per heavy atom. The number of imide groups is 1. The maximum Gasteiger partial charge on any atom is 0.283 e. The zero-order valence-electron chi connectivity index (χ0n) is 13.1. The molecule has 0 saturated heterocycles. The first kappa shape index (κ1) is 16.2. The Kier molecular flexibility index (Phi) is 4.11. The molecule has 1 heterocycles. The number of aryl methyl sites for hydroxylation is 2. The van der Waals surface area contributed by atoms with E-state index in [0.717, 1.165) is 16.0 Å². The van der Waals surface area contributed by atoms with Crippen molar-refractivity contribution in [2.24, 2.45) is 0 Å². The van der Waals surface area contributed by atoms with E-state index in [1.807, 2.05) is 26.0 Å². The number of carbonyl (C=O) groups excluding carboxylic acids is 2. The number of benzene rings is 2. The van der Waals surface area contributed by atoms with Crippen molar-refractivity contribution in [2.75, 3.05) is 10.2 Å². The van der Waals surface area contributed by atoms with Gasteiger partial charge in [0.2, 0.25) is 0 Å².